The highest BCUT2D eigenvalue weighted by Gasteiger charge is 2.16. The summed E-state index contributed by atoms with van der Waals surface area (Å²) in [5, 5.41) is 5.04. The van der Waals surface area contributed by atoms with Crippen molar-refractivity contribution >= 4 is 40.5 Å². The molecule has 2 aromatic heterocycles. The molecule has 0 amide bonds. The van der Waals surface area contributed by atoms with Crippen LogP contribution in [0, 0.1) is 6.92 Å². The van der Waals surface area contributed by atoms with Gasteiger partial charge in [-0.1, -0.05) is 11.6 Å². The summed E-state index contributed by atoms with van der Waals surface area (Å²) in [6.07, 6.45) is 3.16. The molecule has 8 heteroatoms. The van der Waals surface area contributed by atoms with Gasteiger partial charge in [0.25, 0.3) is 0 Å². The number of aromatic nitrogens is 4. The van der Waals surface area contributed by atoms with Gasteiger partial charge < -0.3 is 10.6 Å². The first-order valence-electron chi connectivity index (χ1n) is 6.93. The zero-order chi connectivity index (χ0) is 16.6. The number of nitrogens with zero attached hydrogens (tertiary/aromatic N) is 6. The van der Waals surface area contributed by atoms with Crippen molar-refractivity contribution < 1.29 is 0 Å². The second-order valence-electron chi connectivity index (χ2n) is 5.31. The maximum absolute atomic E-state index is 6.33. The van der Waals surface area contributed by atoms with Crippen molar-refractivity contribution in [1.29, 1.82) is 0 Å². The molecule has 0 saturated heterocycles. The first-order valence-corrected chi connectivity index (χ1v) is 7.31. The first-order chi connectivity index (χ1) is 11.0. The molecule has 0 saturated carbocycles. The normalized spacial score (nSPS) is 11.5. The predicted octanol–water partition coefficient (Wildman–Crippen LogP) is 2.58. The molecule has 23 heavy (non-hydrogen) atoms. The number of benzene rings is 1. The van der Waals surface area contributed by atoms with E-state index in [0.717, 1.165) is 11.2 Å². The largest absolute Gasteiger partial charge is 0.399 e. The number of hydrogen-bond donors (Lipinski definition) is 1. The zero-order valence-electron chi connectivity index (χ0n) is 13.0. The summed E-state index contributed by atoms with van der Waals surface area (Å²) in [5.41, 5.74) is 9.28. The molecular formula is C15H16ClN7. The Bertz CT molecular complexity index is 898. The molecule has 0 radical (unpaired) electrons. The number of aryl methyl sites for hydroxylation is 1. The van der Waals surface area contributed by atoms with E-state index < -0.39 is 0 Å². The van der Waals surface area contributed by atoms with Gasteiger partial charge >= 0.3 is 0 Å². The maximum atomic E-state index is 6.33. The van der Waals surface area contributed by atoms with Gasteiger partial charge in [0.2, 0.25) is 0 Å². The Hall–Kier alpha value is -2.67. The molecule has 0 unspecified atom stereocenters. The maximum Gasteiger partial charge on any atom is 0.183 e. The highest BCUT2D eigenvalue weighted by Crippen LogP contribution is 2.30. The van der Waals surface area contributed by atoms with Crippen LogP contribution in [0.5, 0.6) is 0 Å². The molecule has 0 bridgehead atoms. The van der Waals surface area contributed by atoms with Crippen LogP contribution >= 0.6 is 11.6 Å². The molecular weight excluding hydrogens is 314 g/mol. The fourth-order valence-electron chi connectivity index (χ4n) is 2.21. The quantitative estimate of drug-likeness (QED) is 0.453. The second-order valence-corrected chi connectivity index (χ2v) is 5.72. The van der Waals surface area contributed by atoms with Crippen LogP contribution < -0.4 is 5.73 Å². The van der Waals surface area contributed by atoms with Crippen molar-refractivity contribution in [2.24, 2.45) is 4.99 Å². The molecule has 0 spiro atoms. The Labute approximate surface area is 138 Å². The number of hydrogen-bond acceptors (Lipinski definition) is 5. The monoisotopic (exact) mass is 329 g/mol. The van der Waals surface area contributed by atoms with Crippen LogP contribution in [-0.4, -0.2) is 45.1 Å². The minimum atomic E-state index is 0.501. The molecule has 0 fully saturated rings. The molecule has 0 atom stereocenters. The Kier molecular flexibility index (Phi) is 3.87. The van der Waals surface area contributed by atoms with E-state index in [-0.39, 0.29) is 0 Å². The number of fused-ring (bicyclic) bond motifs is 1. The van der Waals surface area contributed by atoms with Crippen molar-refractivity contribution in [3.8, 4) is 5.69 Å². The summed E-state index contributed by atoms with van der Waals surface area (Å²) in [6, 6.07) is 5.28. The van der Waals surface area contributed by atoms with Crippen LogP contribution in [0.25, 0.3) is 16.7 Å². The SMILES string of the molecule is Cc1nn(-c2ccc(N)cc2Cl)c2c(N=CN(C)C)ncnc12. The molecule has 2 N–H and O–H groups in total. The van der Waals surface area contributed by atoms with Crippen molar-refractivity contribution in [3.05, 3.63) is 35.2 Å². The van der Waals surface area contributed by atoms with E-state index in [0.29, 0.717) is 27.7 Å². The number of halogens is 1. The van der Waals surface area contributed by atoms with E-state index >= 15 is 0 Å². The zero-order valence-corrected chi connectivity index (χ0v) is 13.8. The Morgan fingerprint density at radius 3 is 2.78 bits per heavy atom. The number of nitrogens with two attached hydrogens (primary N) is 1. The van der Waals surface area contributed by atoms with Crippen molar-refractivity contribution in [3.63, 3.8) is 0 Å². The van der Waals surface area contributed by atoms with Gasteiger partial charge in [0.15, 0.2) is 5.82 Å². The lowest BCUT2D eigenvalue weighted by atomic mass is 10.3. The first kappa shape index (κ1) is 15.2. The van der Waals surface area contributed by atoms with Crippen molar-refractivity contribution in [2.45, 2.75) is 6.92 Å². The third-order valence-electron chi connectivity index (χ3n) is 3.22. The summed E-state index contributed by atoms with van der Waals surface area (Å²) in [5.74, 6) is 0.525. The third kappa shape index (κ3) is 2.83. The Balaban J connectivity index is 2.29. The standard InChI is InChI=1S/C15H16ClN7/c1-9-13-14(15(19-7-18-13)20-8-22(2)3)23(21-9)12-5-4-10(17)6-11(12)16/h4-8H,17H2,1-3H3. The van der Waals surface area contributed by atoms with Gasteiger partial charge in [-0.2, -0.15) is 5.10 Å². The summed E-state index contributed by atoms with van der Waals surface area (Å²) >= 11 is 6.33. The van der Waals surface area contributed by atoms with Crippen LogP contribution in [0.4, 0.5) is 11.5 Å². The second kappa shape index (κ2) is 5.85. The fraction of sp³-hybridized carbons (Fsp3) is 0.200. The molecule has 7 nitrogen and oxygen atoms in total. The van der Waals surface area contributed by atoms with Crippen LogP contribution in [0.15, 0.2) is 29.5 Å². The highest BCUT2D eigenvalue weighted by atomic mass is 35.5. The summed E-state index contributed by atoms with van der Waals surface area (Å²) in [6.45, 7) is 1.89. The van der Waals surface area contributed by atoms with Crippen molar-refractivity contribution in [2.75, 3.05) is 19.8 Å². The van der Waals surface area contributed by atoms with Gasteiger partial charge in [-0.25, -0.2) is 19.6 Å². The van der Waals surface area contributed by atoms with E-state index in [2.05, 4.69) is 20.1 Å². The summed E-state index contributed by atoms with van der Waals surface area (Å²) in [7, 11) is 3.78. The van der Waals surface area contributed by atoms with E-state index in [1.54, 1.807) is 23.2 Å². The smallest absolute Gasteiger partial charge is 0.183 e. The lowest BCUT2D eigenvalue weighted by molar-refractivity contribution is 0.643. The van der Waals surface area contributed by atoms with E-state index in [1.165, 1.54) is 6.33 Å². The van der Waals surface area contributed by atoms with Gasteiger partial charge in [-0.05, 0) is 25.1 Å². The summed E-state index contributed by atoms with van der Waals surface area (Å²) < 4.78 is 1.70. The molecule has 1 aromatic carbocycles. The van der Waals surface area contributed by atoms with Crippen LogP contribution in [-0.2, 0) is 0 Å². The molecule has 0 aliphatic heterocycles. The molecule has 3 aromatic rings. The molecule has 2 heterocycles. The van der Waals surface area contributed by atoms with Crippen molar-refractivity contribution in [1.82, 2.24) is 24.6 Å². The van der Waals surface area contributed by atoms with Crippen LogP contribution in [0.3, 0.4) is 0 Å². The van der Waals surface area contributed by atoms with Gasteiger partial charge in [0.05, 0.1) is 22.7 Å². The van der Waals surface area contributed by atoms with Gasteiger partial charge in [-0.3, -0.25) is 0 Å². The van der Waals surface area contributed by atoms with Gasteiger partial charge in [0, 0.05) is 19.8 Å². The minimum Gasteiger partial charge on any atom is -0.399 e. The molecule has 3 rings (SSSR count). The average molecular weight is 330 g/mol. The van der Waals surface area contributed by atoms with Crippen LogP contribution in [0.1, 0.15) is 5.69 Å². The van der Waals surface area contributed by atoms with E-state index in [4.69, 9.17) is 17.3 Å². The minimum absolute atomic E-state index is 0.501. The van der Waals surface area contributed by atoms with Crippen LogP contribution in [0.2, 0.25) is 5.02 Å². The summed E-state index contributed by atoms with van der Waals surface area (Å²) in [4.78, 5) is 14.8. The van der Waals surface area contributed by atoms with E-state index in [9.17, 15) is 0 Å². The molecule has 118 valence electrons. The highest BCUT2D eigenvalue weighted by molar-refractivity contribution is 6.32. The molecule has 0 aliphatic carbocycles. The Morgan fingerprint density at radius 2 is 2.09 bits per heavy atom. The number of aliphatic imine (C=N–C) groups is 1. The topological polar surface area (TPSA) is 85.2 Å². The lowest BCUT2D eigenvalue weighted by Crippen LogP contribution is -2.07. The predicted molar refractivity (Wildman–Crippen MR) is 92.7 cm³/mol. The average Bonchev–Trinajstić information content (AvgIpc) is 2.83. The van der Waals surface area contributed by atoms with Gasteiger partial charge in [-0.15, -0.1) is 0 Å². The fourth-order valence-corrected chi connectivity index (χ4v) is 2.48. The number of rotatable bonds is 3. The number of nitrogen functional groups attached to an aromatic ring is 1. The van der Waals surface area contributed by atoms with Gasteiger partial charge in [0.1, 0.15) is 17.4 Å². The Morgan fingerprint density at radius 1 is 1.30 bits per heavy atom. The number of anilines is 1. The van der Waals surface area contributed by atoms with E-state index in [1.807, 2.05) is 32.0 Å². The molecule has 0 aliphatic rings. The lowest BCUT2D eigenvalue weighted by Gasteiger charge is -2.08. The third-order valence-corrected chi connectivity index (χ3v) is 3.52.